The van der Waals surface area contributed by atoms with E-state index in [1.54, 1.807) is 7.11 Å². The molecule has 1 aliphatic carbocycles. The van der Waals surface area contributed by atoms with Crippen LogP contribution in [0.2, 0.25) is 0 Å². The third-order valence-corrected chi connectivity index (χ3v) is 5.51. The lowest BCUT2D eigenvalue weighted by Gasteiger charge is -2.20. The van der Waals surface area contributed by atoms with Gasteiger partial charge in [-0.1, -0.05) is 0 Å². The molecule has 2 atom stereocenters. The SMILES string of the molecule is COC1CCCC1NS(=O)(=O)c1cc(CO)cc(F)c1C. The van der Waals surface area contributed by atoms with Crippen LogP contribution in [-0.4, -0.2) is 32.8 Å². The number of ether oxygens (including phenoxy) is 1. The van der Waals surface area contributed by atoms with Crippen LogP contribution in [0.15, 0.2) is 17.0 Å². The van der Waals surface area contributed by atoms with Crippen LogP contribution in [0, 0.1) is 12.7 Å². The lowest BCUT2D eigenvalue weighted by molar-refractivity contribution is 0.0916. The first-order chi connectivity index (χ1) is 9.89. The summed E-state index contributed by atoms with van der Waals surface area (Å²) < 4.78 is 46.6. The van der Waals surface area contributed by atoms with Crippen LogP contribution in [0.5, 0.6) is 0 Å². The number of aliphatic hydroxyl groups is 1. The third-order valence-electron chi connectivity index (χ3n) is 3.89. The summed E-state index contributed by atoms with van der Waals surface area (Å²) >= 11 is 0. The standard InChI is InChI=1S/C14H20FNO4S/c1-9-11(15)6-10(8-17)7-14(9)21(18,19)16-12-4-3-5-13(12)20-2/h6-7,12-13,16-17H,3-5,8H2,1-2H3. The molecule has 1 aromatic rings. The van der Waals surface area contributed by atoms with E-state index in [1.165, 1.54) is 13.0 Å². The van der Waals surface area contributed by atoms with E-state index in [0.717, 1.165) is 18.9 Å². The first kappa shape index (κ1) is 16.4. The van der Waals surface area contributed by atoms with Gasteiger partial charge in [0.2, 0.25) is 10.0 Å². The molecule has 0 radical (unpaired) electrons. The molecule has 0 aromatic heterocycles. The van der Waals surface area contributed by atoms with E-state index < -0.39 is 22.4 Å². The summed E-state index contributed by atoms with van der Waals surface area (Å²) in [6, 6.07) is 2.14. The van der Waals surface area contributed by atoms with Crippen molar-refractivity contribution in [3.05, 3.63) is 29.1 Å². The summed E-state index contributed by atoms with van der Waals surface area (Å²) in [6.07, 6.45) is 2.22. The van der Waals surface area contributed by atoms with Crippen molar-refractivity contribution in [1.82, 2.24) is 4.72 Å². The molecule has 118 valence electrons. The summed E-state index contributed by atoms with van der Waals surface area (Å²) in [7, 11) is -2.30. The van der Waals surface area contributed by atoms with E-state index in [0.29, 0.717) is 6.42 Å². The van der Waals surface area contributed by atoms with Crippen LogP contribution in [-0.2, 0) is 21.4 Å². The molecule has 1 aromatic carbocycles. The van der Waals surface area contributed by atoms with Gasteiger partial charge in [-0.25, -0.2) is 17.5 Å². The van der Waals surface area contributed by atoms with Crippen LogP contribution in [0.25, 0.3) is 0 Å². The number of hydrogen-bond acceptors (Lipinski definition) is 4. The van der Waals surface area contributed by atoms with Gasteiger partial charge in [0.15, 0.2) is 0 Å². The Morgan fingerprint density at radius 3 is 2.76 bits per heavy atom. The molecule has 2 rings (SSSR count). The Balaban J connectivity index is 2.33. The maximum absolute atomic E-state index is 13.8. The monoisotopic (exact) mass is 317 g/mol. The second-order valence-corrected chi connectivity index (χ2v) is 6.97. The van der Waals surface area contributed by atoms with E-state index in [1.807, 2.05) is 0 Å². The Bertz CT molecular complexity index is 618. The molecule has 0 heterocycles. The molecule has 21 heavy (non-hydrogen) atoms. The zero-order valence-corrected chi connectivity index (χ0v) is 12.9. The fraction of sp³-hybridized carbons (Fsp3) is 0.571. The molecule has 1 fully saturated rings. The van der Waals surface area contributed by atoms with Gasteiger partial charge in [0.25, 0.3) is 0 Å². The smallest absolute Gasteiger partial charge is 0.241 e. The molecular weight excluding hydrogens is 297 g/mol. The van der Waals surface area contributed by atoms with Crippen molar-refractivity contribution in [3.63, 3.8) is 0 Å². The molecule has 0 aliphatic heterocycles. The van der Waals surface area contributed by atoms with Crippen LogP contribution >= 0.6 is 0 Å². The second-order valence-electron chi connectivity index (χ2n) is 5.29. The van der Waals surface area contributed by atoms with Crippen LogP contribution in [0.3, 0.4) is 0 Å². The number of methoxy groups -OCH3 is 1. The highest BCUT2D eigenvalue weighted by molar-refractivity contribution is 7.89. The molecular formula is C14H20FNO4S. The van der Waals surface area contributed by atoms with E-state index in [2.05, 4.69) is 4.72 Å². The highest BCUT2D eigenvalue weighted by Crippen LogP contribution is 2.25. The molecule has 0 amide bonds. The van der Waals surface area contributed by atoms with Gasteiger partial charge in [-0.3, -0.25) is 0 Å². The van der Waals surface area contributed by atoms with E-state index >= 15 is 0 Å². The Morgan fingerprint density at radius 2 is 2.14 bits per heavy atom. The largest absolute Gasteiger partial charge is 0.392 e. The molecule has 2 unspecified atom stereocenters. The molecule has 1 aliphatic rings. The van der Waals surface area contributed by atoms with Crippen molar-refractivity contribution in [1.29, 1.82) is 0 Å². The highest BCUT2D eigenvalue weighted by Gasteiger charge is 2.32. The Kier molecular flexibility index (Phi) is 4.98. The van der Waals surface area contributed by atoms with Gasteiger partial charge < -0.3 is 9.84 Å². The molecule has 0 spiro atoms. The lowest BCUT2D eigenvalue weighted by Crippen LogP contribution is -2.40. The number of rotatable bonds is 5. The van der Waals surface area contributed by atoms with E-state index in [-0.39, 0.29) is 28.2 Å². The highest BCUT2D eigenvalue weighted by atomic mass is 32.2. The van der Waals surface area contributed by atoms with Gasteiger partial charge in [-0.05, 0) is 43.9 Å². The minimum atomic E-state index is -3.85. The van der Waals surface area contributed by atoms with Crippen LogP contribution < -0.4 is 4.72 Å². The normalized spacial score (nSPS) is 22.7. The fourth-order valence-electron chi connectivity index (χ4n) is 2.68. The quantitative estimate of drug-likeness (QED) is 0.862. The maximum Gasteiger partial charge on any atom is 0.241 e. The van der Waals surface area contributed by atoms with Gasteiger partial charge in [0, 0.05) is 18.7 Å². The van der Waals surface area contributed by atoms with Crippen molar-refractivity contribution in [3.8, 4) is 0 Å². The minimum absolute atomic E-state index is 0.0478. The fourth-order valence-corrected chi connectivity index (χ4v) is 4.29. The Morgan fingerprint density at radius 1 is 1.43 bits per heavy atom. The van der Waals surface area contributed by atoms with Crippen molar-refractivity contribution >= 4 is 10.0 Å². The number of halogens is 1. The summed E-state index contributed by atoms with van der Waals surface area (Å²) in [4.78, 5) is -0.131. The van der Waals surface area contributed by atoms with Crippen molar-refractivity contribution < 1.29 is 22.7 Å². The van der Waals surface area contributed by atoms with Gasteiger partial charge >= 0.3 is 0 Å². The van der Waals surface area contributed by atoms with Crippen LogP contribution in [0.1, 0.15) is 30.4 Å². The number of hydrogen-bond donors (Lipinski definition) is 2. The maximum atomic E-state index is 13.8. The number of sulfonamides is 1. The molecule has 2 N–H and O–H groups in total. The summed E-state index contributed by atoms with van der Waals surface area (Å²) in [5, 5.41) is 9.11. The molecule has 0 saturated heterocycles. The van der Waals surface area contributed by atoms with E-state index in [9.17, 15) is 12.8 Å². The topological polar surface area (TPSA) is 75.6 Å². The van der Waals surface area contributed by atoms with Gasteiger partial charge in [0.1, 0.15) is 5.82 Å². The van der Waals surface area contributed by atoms with Crippen LogP contribution in [0.4, 0.5) is 4.39 Å². The average molecular weight is 317 g/mol. The first-order valence-corrected chi connectivity index (χ1v) is 8.32. The zero-order chi connectivity index (χ0) is 15.6. The second kappa shape index (κ2) is 6.39. The van der Waals surface area contributed by atoms with Crippen molar-refractivity contribution in [2.24, 2.45) is 0 Å². The van der Waals surface area contributed by atoms with Gasteiger partial charge in [0.05, 0.1) is 17.6 Å². The van der Waals surface area contributed by atoms with Crippen molar-refractivity contribution in [2.45, 2.75) is 49.8 Å². The molecule has 7 heteroatoms. The Hall–Kier alpha value is -1.02. The van der Waals surface area contributed by atoms with Crippen molar-refractivity contribution in [2.75, 3.05) is 7.11 Å². The van der Waals surface area contributed by atoms with Gasteiger partial charge in [-0.15, -0.1) is 0 Å². The van der Waals surface area contributed by atoms with E-state index in [4.69, 9.17) is 9.84 Å². The number of aliphatic hydroxyl groups excluding tert-OH is 1. The average Bonchev–Trinajstić information content (AvgIpc) is 2.87. The molecule has 1 saturated carbocycles. The molecule has 5 nitrogen and oxygen atoms in total. The number of benzene rings is 1. The third kappa shape index (κ3) is 3.42. The Labute approximate surface area is 124 Å². The van der Waals surface area contributed by atoms with Gasteiger partial charge in [-0.2, -0.15) is 0 Å². The lowest BCUT2D eigenvalue weighted by atomic mass is 10.1. The number of nitrogens with one attached hydrogen (secondary N) is 1. The first-order valence-electron chi connectivity index (χ1n) is 6.84. The molecule has 0 bridgehead atoms. The predicted molar refractivity (Wildman–Crippen MR) is 75.8 cm³/mol. The summed E-state index contributed by atoms with van der Waals surface area (Å²) in [5.41, 5.74) is 0.278. The minimum Gasteiger partial charge on any atom is -0.392 e. The summed E-state index contributed by atoms with van der Waals surface area (Å²) in [6.45, 7) is 0.997. The zero-order valence-electron chi connectivity index (χ0n) is 12.1. The predicted octanol–water partition coefficient (Wildman–Crippen LogP) is 1.47. The summed E-state index contributed by atoms with van der Waals surface area (Å²) in [5.74, 6) is -0.642.